The van der Waals surface area contributed by atoms with Crippen molar-refractivity contribution in [1.82, 2.24) is 25.0 Å². The van der Waals surface area contributed by atoms with Gasteiger partial charge in [-0.2, -0.15) is 54.0 Å². The van der Waals surface area contributed by atoms with Crippen LogP contribution in [0.5, 0.6) is 5.75 Å². The minimum Gasteiger partial charge on any atom is -0.464 e. The summed E-state index contributed by atoms with van der Waals surface area (Å²) in [6, 6.07) is 14.2. The van der Waals surface area contributed by atoms with Crippen LogP contribution in [-0.2, 0) is 23.8 Å². The van der Waals surface area contributed by atoms with Crippen molar-refractivity contribution in [3.05, 3.63) is 87.6 Å². The number of nitrogens with zero attached hydrogens (tertiary/aromatic N) is 5. The Morgan fingerprint density at radius 3 is 1.96 bits per heavy atom. The monoisotopic (exact) mass is 1120 g/mol. The second kappa shape index (κ2) is 25.0. The Labute approximate surface area is 469 Å². The Bertz CT molecular complexity index is 2910. The Morgan fingerprint density at radius 2 is 1.36 bits per heavy atom. The van der Waals surface area contributed by atoms with Crippen LogP contribution in [0.2, 0.25) is 0 Å². The molecule has 6 aliphatic heterocycles. The normalized spacial score (nSPS) is 20.7. The number of aromatic nitrogens is 1. The van der Waals surface area contributed by atoms with Crippen LogP contribution in [0.1, 0.15) is 112 Å². The number of carbonyl (C=O) groups is 4. The Balaban J connectivity index is 0.00000229. The fraction of sp³-hybridized carbons (Fsp3) is 0.481. The number of ether oxygens (including phenoxy) is 4. The molecule has 0 bridgehead atoms. The second-order valence-electron chi connectivity index (χ2n) is 20.1. The molecule has 10 rings (SSSR count). The first-order valence-corrected chi connectivity index (χ1v) is 25.8. The number of thiophene rings is 1. The van der Waals surface area contributed by atoms with Gasteiger partial charge in [0.05, 0.1) is 48.0 Å². The number of hydrogen-bond acceptors (Lipinski definition) is 11. The summed E-state index contributed by atoms with van der Waals surface area (Å²) in [5.41, 5.74) is 7.24. The van der Waals surface area contributed by atoms with E-state index in [4.69, 9.17) is 28.9 Å². The Kier molecular flexibility index (Phi) is 19.8. The first-order chi connectivity index (χ1) is 34.3. The third-order valence-electron chi connectivity index (χ3n) is 15.0. The Hall–Kier alpha value is -4.93. The molecule has 3 fully saturated rings. The minimum absolute atomic E-state index is 0. The predicted octanol–water partition coefficient (Wildman–Crippen LogP) is 9.91. The molecule has 5 atom stereocenters. The average molecular weight is 1120 g/mol. The molecule has 406 valence electrons. The van der Waals surface area contributed by atoms with E-state index < -0.39 is 36.3 Å². The van der Waals surface area contributed by atoms with Crippen molar-refractivity contribution in [2.45, 2.75) is 115 Å². The first-order valence-electron chi connectivity index (χ1n) is 25.0. The van der Waals surface area contributed by atoms with E-state index in [2.05, 4.69) is 59.4 Å². The van der Waals surface area contributed by atoms with Gasteiger partial charge in [0.1, 0.15) is 23.7 Å². The van der Waals surface area contributed by atoms with Gasteiger partial charge in [0, 0.05) is 73.2 Å². The number of alkyl carbamates (subject to hydrolysis) is 2. The van der Waals surface area contributed by atoms with Crippen LogP contribution in [0.15, 0.2) is 70.9 Å². The summed E-state index contributed by atoms with van der Waals surface area (Å²) in [5.74, 6) is -0.147. The molecule has 6 aliphatic rings. The maximum Gasteiger partial charge on any atom is 0.407 e. The molecule has 4 aromatic rings. The molecule has 3 saturated heterocycles. The lowest BCUT2D eigenvalue weighted by atomic mass is 9.90. The van der Waals surface area contributed by atoms with Crippen molar-refractivity contribution in [2.24, 2.45) is 21.8 Å². The number of fused-ring (bicyclic) bond motifs is 5. The highest BCUT2D eigenvalue weighted by atomic mass is 32.1. The van der Waals surface area contributed by atoms with E-state index in [1.165, 1.54) is 19.1 Å². The highest BCUT2D eigenvalue weighted by Gasteiger charge is 2.42. The van der Waals surface area contributed by atoms with Gasteiger partial charge in [0.2, 0.25) is 18.0 Å². The molecule has 8 heterocycles. The number of benzene rings is 2. The molecular weight excluding hydrogens is 1050 g/mol. The van der Waals surface area contributed by atoms with Crippen molar-refractivity contribution in [3.63, 3.8) is 0 Å². The number of likely N-dealkylation sites (tertiary alicyclic amines) is 2. The molecule has 4 amide bonds. The molecule has 0 saturated carbocycles. The van der Waals surface area contributed by atoms with Crippen molar-refractivity contribution in [2.75, 3.05) is 40.5 Å². The topological polar surface area (TPSA) is 165 Å². The van der Waals surface area contributed by atoms with E-state index in [-0.39, 0.29) is 89.7 Å². The summed E-state index contributed by atoms with van der Waals surface area (Å²) < 4.78 is 41.3. The summed E-state index contributed by atoms with van der Waals surface area (Å²) in [6.07, 6.45) is 7.37. The van der Waals surface area contributed by atoms with Gasteiger partial charge in [-0.25, -0.2) is 14.0 Å². The van der Waals surface area contributed by atoms with Gasteiger partial charge in [0.15, 0.2) is 0 Å². The molecule has 0 spiro atoms. The van der Waals surface area contributed by atoms with Gasteiger partial charge in [0.25, 0.3) is 0 Å². The lowest BCUT2D eigenvalue weighted by Crippen LogP contribution is -2.55. The number of methoxy groups -OCH3 is 2. The van der Waals surface area contributed by atoms with Crippen molar-refractivity contribution >= 4 is 123 Å². The molecule has 21 heteroatoms. The first kappa shape index (κ1) is 59.3. The van der Waals surface area contributed by atoms with Crippen molar-refractivity contribution < 1.29 is 42.5 Å². The van der Waals surface area contributed by atoms with Crippen molar-refractivity contribution in [1.29, 1.82) is 0 Å². The van der Waals surface area contributed by atoms with Crippen LogP contribution in [0.25, 0.3) is 33.3 Å². The lowest BCUT2D eigenvalue weighted by molar-refractivity contribution is -0.135. The molecular formula is C54H70FN7O8S5. The number of aliphatic imine (C=N–C) groups is 2. The minimum atomic E-state index is -0.742. The van der Waals surface area contributed by atoms with Gasteiger partial charge in [-0.3, -0.25) is 24.1 Å². The number of hydrogen-bond donors (Lipinski definition) is 2. The highest BCUT2D eigenvalue weighted by molar-refractivity contribution is 7.59. The lowest BCUT2D eigenvalue weighted by Gasteiger charge is -2.34. The Morgan fingerprint density at radius 1 is 0.747 bits per heavy atom. The van der Waals surface area contributed by atoms with Gasteiger partial charge in [-0.1, -0.05) is 33.8 Å². The number of halogens is 1. The molecule has 2 N–H and O–H groups in total. The average Bonchev–Trinajstić information content (AvgIpc) is 4.24. The number of carbonyl (C=O) groups excluding carboxylic acids is 4. The molecule has 1 unspecified atom stereocenters. The van der Waals surface area contributed by atoms with Gasteiger partial charge < -0.3 is 39.4 Å². The summed E-state index contributed by atoms with van der Waals surface area (Å²) in [7, 11) is 2.59. The number of allylic oxidation sites excluding steroid dienone is 2. The van der Waals surface area contributed by atoms with Crippen LogP contribution >= 0.6 is 65.3 Å². The number of nitrogens with one attached hydrogen (secondary N) is 2. The van der Waals surface area contributed by atoms with E-state index in [1.807, 2.05) is 42.0 Å². The van der Waals surface area contributed by atoms with Crippen LogP contribution in [0.3, 0.4) is 0 Å². The zero-order valence-corrected chi connectivity index (χ0v) is 48.0. The van der Waals surface area contributed by atoms with Gasteiger partial charge in [-0.15, -0.1) is 11.3 Å². The summed E-state index contributed by atoms with van der Waals surface area (Å²) in [5, 5.41) is 6.48. The third kappa shape index (κ3) is 11.7. The number of amides is 4. The van der Waals surface area contributed by atoms with E-state index >= 15 is 4.39 Å². The highest BCUT2D eigenvalue weighted by Crippen LogP contribution is 2.49. The summed E-state index contributed by atoms with van der Waals surface area (Å²) in [6.45, 7) is 10.3. The van der Waals surface area contributed by atoms with E-state index in [0.29, 0.717) is 80.5 Å². The molecule has 2 aromatic carbocycles. The van der Waals surface area contributed by atoms with E-state index in [1.54, 1.807) is 23.6 Å². The zero-order valence-electron chi connectivity index (χ0n) is 43.2. The smallest absolute Gasteiger partial charge is 0.407 e. The fourth-order valence-corrected chi connectivity index (χ4v) is 12.3. The SMILES string of the molecule is COC(=O)N[C@H](C(=O)N1CCC[C@H]1C1=NC=C(c2cc(F)c3c(c2)OC(c2ccc(C(C)C)s2)n2c-3cc3cc(C4=CN=C([C@@H]5CCCN5C(=O)[C@@H](NC(=O)OC)C5CCOCC5)C4)ccc32)C1)C(C)C.S.S.S.S. The maximum absolute atomic E-state index is 17.0. The second-order valence-corrected chi connectivity index (χ2v) is 21.2. The van der Waals surface area contributed by atoms with Gasteiger partial charge in [-0.05, 0) is 121 Å². The molecule has 2 aromatic heterocycles. The molecule has 0 radical (unpaired) electrons. The summed E-state index contributed by atoms with van der Waals surface area (Å²) in [4.78, 5) is 68.4. The molecule has 75 heavy (non-hydrogen) atoms. The largest absolute Gasteiger partial charge is 0.464 e. The fourth-order valence-electron chi connectivity index (χ4n) is 11.2. The summed E-state index contributed by atoms with van der Waals surface area (Å²) >= 11 is 1.69. The maximum atomic E-state index is 17.0. The molecule has 0 aliphatic carbocycles. The quantitative estimate of drug-likeness (QED) is 0.142. The van der Waals surface area contributed by atoms with Crippen LogP contribution < -0.4 is 15.4 Å². The number of rotatable bonds is 12. The predicted molar refractivity (Wildman–Crippen MR) is 313 cm³/mol. The zero-order chi connectivity index (χ0) is 49.7. The van der Waals surface area contributed by atoms with E-state index in [9.17, 15) is 19.2 Å². The van der Waals surface area contributed by atoms with Crippen molar-refractivity contribution in [3.8, 4) is 17.0 Å². The molecule has 15 nitrogen and oxygen atoms in total. The van der Waals surface area contributed by atoms with Crippen LogP contribution in [-0.4, -0.2) is 114 Å². The van der Waals surface area contributed by atoms with Gasteiger partial charge >= 0.3 is 12.2 Å². The van der Waals surface area contributed by atoms with Crippen LogP contribution in [0.4, 0.5) is 14.0 Å². The van der Waals surface area contributed by atoms with E-state index in [0.717, 1.165) is 69.6 Å². The standard InChI is InChI=1S/C54H62FN7O8S.4H2S/c1-29(2)45-13-14-46(71-45)52-62-40-12-11-32(35-23-38(56-27-35)42-10-8-18-61(42)51(64)49(59-54(66)68-6)31-15-19-69-20-16-31)21-34(40)25-43(62)47-37(55)22-33(26-44(47)70-52)36-24-39(57-28-36)41-9-7-17-60(41)50(63)48(30(3)4)58-53(65)67-5;;;;/h11-14,21-22,25-31,41-42,48-49,52H,7-10,15-20,23-24H2,1-6H3,(H,58,65)(H,59,66);4*1H2/t41-,42-,48-,49-,52?;;;;/m0..../s1. The third-order valence-corrected chi connectivity index (χ3v) is 16.5. The van der Waals surface area contributed by atoms with Crippen LogP contribution in [0, 0.1) is 17.7 Å².